The fourth-order valence-electron chi connectivity index (χ4n) is 1.83. The highest BCUT2D eigenvalue weighted by Crippen LogP contribution is 2.20. The SMILES string of the molecule is CC(NC(=O)C(=O)Nc1ccccc1Cl)c1ccccc1. The van der Waals surface area contributed by atoms with Gasteiger partial charge < -0.3 is 10.6 Å². The van der Waals surface area contributed by atoms with Crippen LogP contribution in [0.2, 0.25) is 5.02 Å². The van der Waals surface area contributed by atoms with Crippen LogP contribution in [0.5, 0.6) is 0 Å². The molecule has 0 aromatic heterocycles. The van der Waals surface area contributed by atoms with Crippen LogP contribution in [0.25, 0.3) is 0 Å². The Kier molecular flexibility index (Phi) is 4.95. The monoisotopic (exact) mass is 302 g/mol. The van der Waals surface area contributed by atoms with Gasteiger partial charge in [-0.3, -0.25) is 9.59 Å². The number of nitrogens with one attached hydrogen (secondary N) is 2. The molecular formula is C16H15ClN2O2. The van der Waals surface area contributed by atoms with E-state index >= 15 is 0 Å². The molecule has 2 aromatic carbocycles. The Hall–Kier alpha value is -2.33. The zero-order valence-electron chi connectivity index (χ0n) is 11.5. The van der Waals surface area contributed by atoms with Crippen molar-refractivity contribution in [3.63, 3.8) is 0 Å². The normalized spacial score (nSPS) is 11.5. The van der Waals surface area contributed by atoms with E-state index in [-0.39, 0.29) is 6.04 Å². The molecule has 1 atom stereocenters. The molecule has 0 fully saturated rings. The maximum atomic E-state index is 11.9. The average molecular weight is 303 g/mol. The van der Waals surface area contributed by atoms with Gasteiger partial charge in [0.05, 0.1) is 16.8 Å². The molecule has 0 saturated carbocycles. The maximum absolute atomic E-state index is 11.9. The van der Waals surface area contributed by atoms with Crippen LogP contribution >= 0.6 is 11.6 Å². The van der Waals surface area contributed by atoms with Crippen LogP contribution in [-0.4, -0.2) is 11.8 Å². The summed E-state index contributed by atoms with van der Waals surface area (Å²) in [7, 11) is 0. The molecular weight excluding hydrogens is 288 g/mol. The lowest BCUT2D eigenvalue weighted by atomic mass is 10.1. The Morgan fingerprint density at radius 2 is 1.57 bits per heavy atom. The molecule has 0 radical (unpaired) electrons. The van der Waals surface area contributed by atoms with Gasteiger partial charge in [0.1, 0.15) is 0 Å². The second-order valence-electron chi connectivity index (χ2n) is 4.54. The number of hydrogen-bond acceptors (Lipinski definition) is 2. The molecule has 5 heteroatoms. The fourth-order valence-corrected chi connectivity index (χ4v) is 2.01. The van der Waals surface area contributed by atoms with Crippen LogP contribution in [0.3, 0.4) is 0 Å². The molecule has 2 aromatic rings. The predicted molar refractivity (Wildman–Crippen MR) is 83.1 cm³/mol. The molecule has 108 valence electrons. The molecule has 0 aliphatic rings. The van der Waals surface area contributed by atoms with Crippen molar-refractivity contribution in [2.75, 3.05) is 5.32 Å². The van der Waals surface area contributed by atoms with E-state index in [1.165, 1.54) is 0 Å². The van der Waals surface area contributed by atoms with E-state index in [1.807, 2.05) is 37.3 Å². The highest BCUT2D eigenvalue weighted by molar-refractivity contribution is 6.41. The minimum Gasteiger partial charge on any atom is -0.341 e. The summed E-state index contributed by atoms with van der Waals surface area (Å²) in [6.07, 6.45) is 0. The van der Waals surface area contributed by atoms with Crippen molar-refractivity contribution in [3.8, 4) is 0 Å². The highest BCUT2D eigenvalue weighted by Gasteiger charge is 2.17. The number of anilines is 1. The molecule has 1 unspecified atom stereocenters. The lowest BCUT2D eigenvalue weighted by Gasteiger charge is -2.14. The van der Waals surface area contributed by atoms with E-state index in [1.54, 1.807) is 24.3 Å². The maximum Gasteiger partial charge on any atom is 0.313 e. The van der Waals surface area contributed by atoms with Crippen molar-refractivity contribution < 1.29 is 9.59 Å². The number of carbonyl (C=O) groups excluding carboxylic acids is 2. The third kappa shape index (κ3) is 4.07. The minimum absolute atomic E-state index is 0.254. The van der Waals surface area contributed by atoms with Crippen LogP contribution in [-0.2, 0) is 9.59 Å². The molecule has 21 heavy (non-hydrogen) atoms. The number of carbonyl (C=O) groups is 2. The zero-order valence-corrected chi connectivity index (χ0v) is 12.2. The first-order chi connectivity index (χ1) is 10.1. The van der Waals surface area contributed by atoms with Gasteiger partial charge in [0.15, 0.2) is 0 Å². The largest absolute Gasteiger partial charge is 0.341 e. The summed E-state index contributed by atoms with van der Waals surface area (Å²) in [5.74, 6) is -1.45. The van der Waals surface area contributed by atoms with Gasteiger partial charge in [-0.05, 0) is 24.6 Å². The Labute approximate surface area is 128 Å². The van der Waals surface area contributed by atoms with Crippen molar-refractivity contribution in [3.05, 3.63) is 65.2 Å². The van der Waals surface area contributed by atoms with Crippen LogP contribution in [0, 0.1) is 0 Å². The van der Waals surface area contributed by atoms with Crippen molar-refractivity contribution in [1.29, 1.82) is 0 Å². The number of hydrogen-bond donors (Lipinski definition) is 2. The zero-order chi connectivity index (χ0) is 15.2. The van der Waals surface area contributed by atoms with Crippen molar-refractivity contribution in [2.24, 2.45) is 0 Å². The summed E-state index contributed by atoms with van der Waals surface area (Å²) in [6.45, 7) is 1.82. The third-order valence-corrected chi connectivity index (χ3v) is 3.31. The summed E-state index contributed by atoms with van der Waals surface area (Å²) < 4.78 is 0. The molecule has 0 spiro atoms. The van der Waals surface area contributed by atoms with E-state index in [0.29, 0.717) is 10.7 Å². The average Bonchev–Trinajstić information content (AvgIpc) is 2.50. The second-order valence-corrected chi connectivity index (χ2v) is 4.95. The molecule has 2 rings (SSSR count). The topological polar surface area (TPSA) is 58.2 Å². The van der Waals surface area contributed by atoms with E-state index in [2.05, 4.69) is 10.6 Å². The van der Waals surface area contributed by atoms with Gasteiger partial charge in [0, 0.05) is 0 Å². The van der Waals surface area contributed by atoms with E-state index < -0.39 is 11.8 Å². The number of halogens is 1. The predicted octanol–water partition coefficient (Wildman–Crippen LogP) is 3.16. The molecule has 2 N–H and O–H groups in total. The molecule has 4 nitrogen and oxygen atoms in total. The summed E-state index contributed by atoms with van der Waals surface area (Å²) in [5.41, 5.74) is 1.34. The Morgan fingerprint density at radius 3 is 2.24 bits per heavy atom. The quantitative estimate of drug-likeness (QED) is 0.856. The van der Waals surface area contributed by atoms with Crippen molar-refractivity contribution >= 4 is 29.1 Å². The number of benzene rings is 2. The van der Waals surface area contributed by atoms with E-state index in [9.17, 15) is 9.59 Å². The Morgan fingerprint density at radius 1 is 0.952 bits per heavy atom. The first-order valence-electron chi connectivity index (χ1n) is 6.49. The van der Waals surface area contributed by atoms with Crippen molar-refractivity contribution in [1.82, 2.24) is 5.32 Å². The van der Waals surface area contributed by atoms with Gasteiger partial charge in [-0.15, -0.1) is 0 Å². The molecule has 2 amide bonds. The first-order valence-corrected chi connectivity index (χ1v) is 6.87. The van der Waals surface area contributed by atoms with Crippen LogP contribution in [0.1, 0.15) is 18.5 Å². The number of rotatable bonds is 3. The molecule has 0 saturated heterocycles. The van der Waals surface area contributed by atoms with Gasteiger partial charge in [0.2, 0.25) is 0 Å². The lowest BCUT2D eigenvalue weighted by Crippen LogP contribution is -2.36. The van der Waals surface area contributed by atoms with Gasteiger partial charge in [-0.25, -0.2) is 0 Å². The number of amides is 2. The summed E-state index contributed by atoms with van der Waals surface area (Å²) in [4.78, 5) is 23.7. The fraction of sp³-hybridized carbons (Fsp3) is 0.125. The lowest BCUT2D eigenvalue weighted by molar-refractivity contribution is -0.136. The van der Waals surface area contributed by atoms with E-state index in [0.717, 1.165) is 5.56 Å². The smallest absolute Gasteiger partial charge is 0.313 e. The second kappa shape index (κ2) is 6.90. The summed E-state index contributed by atoms with van der Waals surface area (Å²) >= 11 is 5.93. The first kappa shape index (κ1) is 15.1. The molecule has 0 aliphatic carbocycles. The van der Waals surface area contributed by atoms with Gasteiger partial charge in [-0.2, -0.15) is 0 Å². The van der Waals surface area contributed by atoms with Crippen LogP contribution in [0.4, 0.5) is 5.69 Å². The van der Waals surface area contributed by atoms with Gasteiger partial charge >= 0.3 is 11.8 Å². The van der Waals surface area contributed by atoms with Crippen LogP contribution in [0.15, 0.2) is 54.6 Å². The highest BCUT2D eigenvalue weighted by atomic mass is 35.5. The standard InChI is InChI=1S/C16H15ClN2O2/c1-11(12-7-3-2-4-8-12)18-15(20)16(21)19-14-10-6-5-9-13(14)17/h2-11H,1H3,(H,18,20)(H,19,21). The summed E-state index contributed by atoms with van der Waals surface area (Å²) in [6, 6.07) is 15.9. The Balaban J connectivity index is 1.97. The molecule has 0 aliphatic heterocycles. The molecule has 0 heterocycles. The van der Waals surface area contributed by atoms with E-state index in [4.69, 9.17) is 11.6 Å². The summed E-state index contributed by atoms with van der Waals surface area (Å²) in [5, 5.41) is 5.51. The van der Waals surface area contributed by atoms with Crippen molar-refractivity contribution in [2.45, 2.75) is 13.0 Å². The van der Waals surface area contributed by atoms with Crippen LogP contribution < -0.4 is 10.6 Å². The van der Waals surface area contributed by atoms with Gasteiger partial charge in [0.25, 0.3) is 0 Å². The number of para-hydroxylation sites is 1. The minimum atomic E-state index is -0.745. The Bertz CT molecular complexity index is 644. The third-order valence-electron chi connectivity index (χ3n) is 2.98. The molecule has 0 bridgehead atoms. The van der Waals surface area contributed by atoms with Gasteiger partial charge in [-0.1, -0.05) is 54.1 Å².